The number of hydrogen-bond donors (Lipinski definition) is 0. The van der Waals surface area contributed by atoms with Crippen molar-refractivity contribution in [3.05, 3.63) is 70.8 Å². The van der Waals surface area contributed by atoms with Crippen molar-refractivity contribution >= 4 is 52.2 Å². The molecule has 114 valence electrons. The molecule has 23 heavy (non-hydrogen) atoms. The van der Waals surface area contributed by atoms with Crippen LogP contribution in [-0.4, -0.2) is 40.3 Å². The number of benzene rings is 2. The SMILES string of the molecule is Cc1ccc(C)c(CCSc2cc(C)c3ccccc3n2)c1.[NaH]. The molecule has 0 aliphatic rings. The van der Waals surface area contributed by atoms with E-state index in [-0.39, 0.29) is 29.6 Å². The molecule has 0 saturated heterocycles. The molecule has 1 aromatic heterocycles. The zero-order valence-electron chi connectivity index (χ0n) is 13.4. The quantitative estimate of drug-likeness (QED) is 0.501. The van der Waals surface area contributed by atoms with Crippen LogP contribution in [0.3, 0.4) is 0 Å². The number of nitrogens with zero attached hydrogens (tertiary/aromatic N) is 1. The molecule has 0 N–H and O–H groups in total. The molecule has 0 atom stereocenters. The molecule has 1 nitrogen and oxygen atoms in total. The van der Waals surface area contributed by atoms with E-state index in [9.17, 15) is 0 Å². The van der Waals surface area contributed by atoms with Crippen LogP contribution in [-0.2, 0) is 6.42 Å². The topological polar surface area (TPSA) is 12.9 Å². The first-order chi connectivity index (χ1) is 10.6. The summed E-state index contributed by atoms with van der Waals surface area (Å²) in [7, 11) is 0. The van der Waals surface area contributed by atoms with Crippen LogP contribution >= 0.6 is 11.8 Å². The molecule has 0 unspecified atom stereocenters. The molecule has 0 radical (unpaired) electrons. The van der Waals surface area contributed by atoms with Crippen molar-refractivity contribution in [1.82, 2.24) is 4.98 Å². The molecule has 0 amide bonds. The third kappa shape index (κ3) is 4.60. The summed E-state index contributed by atoms with van der Waals surface area (Å²) < 4.78 is 0. The number of thioether (sulfide) groups is 1. The third-order valence-electron chi connectivity index (χ3n) is 4.03. The molecular formula is C20H22NNaS. The van der Waals surface area contributed by atoms with Crippen molar-refractivity contribution in [3.63, 3.8) is 0 Å². The Bertz CT molecular complexity index is 814. The van der Waals surface area contributed by atoms with Crippen molar-refractivity contribution in [1.29, 1.82) is 0 Å². The Balaban J connectivity index is 0.00000192. The average Bonchev–Trinajstić information content (AvgIpc) is 2.51. The molecule has 3 heteroatoms. The Kier molecular flexibility index (Phi) is 6.72. The van der Waals surface area contributed by atoms with Gasteiger partial charge in [-0.05, 0) is 56.0 Å². The van der Waals surface area contributed by atoms with Crippen molar-refractivity contribution in [3.8, 4) is 0 Å². The second kappa shape index (κ2) is 8.34. The van der Waals surface area contributed by atoms with E-state index < -0.39 is 0 Å². The number of rotatable bonds is 4. The minimum atomic E-state index is 0. The van der Waals surface area contributed by atoms with E-state index in [4.69, 9.17) is 4.98 Å². The third-order valence-corrected chi connectivity index (χ3v) is 4.94. The first-order valence-corrected chi connectivity index (χ1v) is 8.67. The molecule has 0 bridgehead atoms. The van der Waals surface area contributed by atoms with Crippen LogP contribution < -0.4 is 0 Å². The summed E-state index contributed by atoms with van der Waals surface area (Å²) in [6.07, 6.45) is 1.09. The second-order valence-electron chi connectivity index (χ2n) is 5.82. The van der Waals surface area contributed by atoms with Crippen LogP contribution in [0.1, 0.15) is 22.3 Å². The van der Waals surface area contributed by atoms with Gasteiger partial charge in [0.1, 0.15) is 0 Å². The van der Waals surface area contributed by atoms with E-state index in [1.54, 1.807) is 0 Å². The molecule has 0 aliphatic carbocycles. The molecule has 0 saturated carbocycles. The average molecular weight is 331 g/mol. The van der Waals surface area contributed by atoms with Gasteiger partial charge in [-0.1, -0.05) is 42.0 Å². The number of hydrogen-bond acceptors (Lipinski definition) is 2. The summed E-state index contributed by atoms with van der Waals surface area (Å²) >= 11 is 1.85. The van der Waals surface area contributed by atoms with Crippen LogP contribution in [0.2, 0.25) is 0 Å². The fourth-order valence-electron chi connectivity index (χ4n) is 2.73. The zero-order chi connectivity index (χ0) is 15.5. The summed E-state index contributed by atoms with van der Waals surface area (Å²) in [5.74, 6) is 1.06. The zero-order valence-corrected chi connectivity index (χ0v) is 14.2. The van der Waals surface area contributed by atoms with E-state index >= 15 is 0 Å². The molecule has 0 fully saturated rings. The van der Waals surface area contributed by atoms with Gasteiger partial charge in [0, 0.05) is 11.1 Å². The van der Waals surface area contributed by atoms with Gasteiger partial charge in [0.2, 0.25) is 0 Å². The fraction of sp³-hybridized carbons (Fsp3) is 0.250. The number of pyridine rings is 1. The van der Waals surface area contributed by atoms with E-state index in [2.05, 4.69) is 69.3 Å². The Hall–Kier alpha value is -0.800. The molecule has 3 aromatic rings. The van der Waals surface area contributed by atoms with Crippen LogP contribution in [0.15, 0.2) is 53.6 Å². The van der Waals surface area contributed by atoms with Gasteiger partial charge in [-0.3, -0.25) is 0 Å². The van der Waals surface area contributed by atoms with Crippen molar-refractivity contribution < 1.29 is 0 Å². The number of aromatic nitrogens is 1. The van der Waals surface area contributed by atoms with E-state index in [0.717, 1.165) is 22.7 Å². The second-order valence-corrected chi connectivity index (χ2v) is 6.94. The van der Waals surface area contributed by atoms with E-state index in [1.807, 2.05) is 11.8 Å². The maximum atomic E-state index is 4.77. The summed E-state index contributed by atoms with van der Waals surface area (Å²) in [5, 5.41) is 2.38. The van der Waals surface area contributed by atoms with Crippen LogP contribution in [0.4, 0.5) is 0 Å². The first-order valence-electron chi connectivity index (χ1n) is 7.69. The van der Waals surface area contributed by atoms with Gasteiger partial charge in [-0.15, -0.1) is 11.8 Å². The molecule has 0 aliphatic heterocycles. The van der Waals surface area contributed by atoms with Gasteiger partial charge in [0.15, 0.2) is 0 Å². The Morgan fingerprint density at radius 2 is 1.70 bits per heavy atom. The number of para-hydroxylation sites is 1. The number of aryl methyl sites for hydroxylation is 4. The maximum absolute atomic E-state index is 4.77. The summed E-state index contributed by atoms with van der Waals surface area (Å²) in [6, 6.07) is 17.3. The fourth-order valence-corrected chi connectivity index (χ4v) is 3.68. The first kappa shape index (κ1) is 18.5. The predicted octanol–water partition coefficient (Wildman–Crippen LogP) is 4.85. The Morgan fingerprint density at radius 1 is 0.913 bits per heavy atom. The van der Waals surface area contributed by atoms with Crippen molar-refractivity contribution in [2.75, 3.05) is 5.75 Å². The Morgan fingerprint density at radius 3 is 2.52 bits per heavy atom. The van der Waals surface area contributed by atoms with Gasteiger partial charge < -0.3 is 0 Å². The molecule has 3 rings (SSSR count). The molecule has 2 aromatic carbocycles. The van der Waals surface area contributed by atoms with Gasteiger partial charge in [-0.2, -0.15) is 0 Å². The van der Waals surface area contributed by atoms with Crippen LogP contribution in [0.5, 0.6) is 0 Å². The van der Waals surface area contributed by atoms with Crippen LogP contribution in [0.25, 0.3) is 10.9 Å². The summed E-state index contributed by atoms with van der Waals surface area (Å²) in [5.41, 5.74) is 6.57. The molecule has 1 heterocycles. The minimum absolute atomic E-state index is 0. The predicted molar refractivity (Wildman–Crippen MR) is 104 cm³/mol. The molecular weight excluding hydrogens is 309 g/mol. The molecule has 0 spiro atoms. The normalized spacial score (nSPS) is 10.6. The Labute approximate surface area is 165 Å². The number of fused-ring (bicyclic) bond motifs is 1. The van der Waals surface area contributed by atoms with E-state index in [1.165, 1.54) is 27.6 Å². The van der Waals surface area contributed by atoms with Gasteiger partial charge in [-0.25, -0.2) is 4.98 Å². The van der Waals surface area contributed by atoms with Crippen molar-refractivity contribution in [2.45, 2.75) is 32.2 Å². The summed E-state index contributed by atoms with van der Waals surface area (Å²) in [4.78, 5) is 4.77. The standard InChI is InChI=1S/C20H21NS.Na.H/c1-14-8-9-15(2)17(12-14)10-11-22-20-13-16(3)18-6-4-5-7-19(18)21-20;;/h4-9,12-13H,10-11H2,1-3H3;;. The monoisotopic (exact) mass is 331 g/mol. The van der Waals surface area contributed by atoms with Gasteiger partial charge in [0.05, 0.1) is 10.5 Å². The van der Waals surface area contributed by atoms with E-state index in [0.29, 0.717) is 0 Å². The van der Waals surface area contributed by atoms with Gasteiger partial charge in [0.25, 0.3) is 0 Å². The van der Waals surface area contributed by atoms with Crippen LogP contribution in [0, 0.1) is 20.8 Å². The van der Waals surface area contributed by atoms with Gasteiger partial charge >= 0.3 is 29.6 Å². The van der Waals surface area contributed by atoms with Crippen molar-refractivity contribution in [2.24, 2.45) is 0 Å². The summed E-state index contributed by atoms with van der Waals surface area (Å²) in [6.45, 7) is 6.51.